The summed E-state index contributed by atoms with van der Waals surface area (Å²) in [6, 6.07) is 1.94. The monoisotopic (exact) mass is 316 g/mol. The van der Waals surface area contributed by atoms with E-state index in [-0.39, 0.29) is 5.82 Å². The summed E-state index contributed by atoms with van der Waals surface area (Å²) in [4.78, 5) is 14.4. The summed E-state index contributed by atoms with van der Waals surface area (Å²) in [5, 5.41) is 6.45. The van der Waals surface area contributed by atoms with Crippen LogP contribution in [0.25, 0.3) is 0 Å². The number of aryl methyl sites for hydroxylation is 1. The fourth-order valence-electron chi connectivity index (χ4n) is 2.64. The highest BCUT2D eigenvalue weighted by atomic mass is 19.1. The highest BCUT2D eigenvalue weighted by Crippen LogP contribution is 2.21. The molecule has 0 saturated carbocycles. The second-order valence-electron chi connectivity index (χ2n) is 5.60. The molecule has 0 spiro atoms. The maximum Gasteiger partial charge on any atom is 0.224 e. The van der Waals surface area contributed by atoms with Gasteiger partial charge in [0, 0.05) is 44.3 Å². The smallest absolute Gasteiger partial charge is 0.224 e. The van der Waals surface area contributed by atoms with Gasteiger partial charge in [-0.05, 0) is 31.4 Å². The van der Waals surface area contributed by atoms with Crippen LogP contribution in [0.1, 0.15) is 18.4 Å². The molecule has 2 N–H and O–H groups in total. The highest BCUT2D eigenvalue weighted by Gasteiger charge is 2.18. The maximum absolute atomic E-state index is 13.9. The van der Waals surface area contributed by atoms with Crippen LogP contribution in [0.3, 0.4) is 0 Å². The van der Waals surface area contributed by atoms with Gasteiger partial charge in [0.1, 0.15) is 0 Å². The van der Waals surface area contributed by atoms with Crippen molar-refractivity contribution < 1.29 is 4.39 Å². The SMILES string of the molecule is Cc1cnccc1NCCNc1ncc(F)c(N2CCCC2)n1. The lowest BCUT2D eigenvalue weighted by molar-refractivity contribution is 0.608. The van der Waals surface area contributed by atoms with Gasteiger partial charge in [-0.15, -0.1) is 0 Å². The molecule has 23 heavy (non-hydrogen) atoms. The van der Waals surface area contributed by atoms with Crippen molar-refractivity contribution in [1.82, 2.24) is 15.0 Å². The number of aromatic nitrogens is 3. The quantitative estimate of drug-likeness (QED) is 0.798. The molecule has 1 aliphatic rings. The number of halogens is 1. The molecule has 2 aromatic rings. The molecule has 1 saturated heterocycles. The lowest BCUT2D eigenvalue weighted by atomic mass is 10.2. The zero-order valence-electron chi connectivity index (χ0n) is 13.2. The van der Waals surface area contributed by atoms with Crippen molar-refractivity contribution in [3.05, 3.63) is 36.0 Å². The number of hydrogen-bond donors (Lipinski definition) is 2. The molecule has 1 fully saturated rings. The molecule has 0 aliphatic carbocycles. The van der Waals surface area contributed by atoms with E-state index in [0.29, 0.717) is 24.9 Å². The van der Waals surface area contributed by atoms with Crippen LogP contribution >= 0.6 is 0 Å². The van der Waals surface area contributed by atoms with Gasteiger partial charge in [-0.3, -0.25) is 4.98 Å². The lowest BCUT2D eigenvalue weighted by Gasteiger charge is -2.17. The van der Waals surface area contributed by atoms with Crippen LogP contribution in [0.5, 0.6) is 0 Å². The normalized spacial score (nSPS) is 14.1. The third-order valence-electron chi connectivity index (χ3n) is 3.88. The summed E-state index contributed by atoms with van der Waals surface area (Å²) in [5.74, 6) is 0.502. The summed E-state index contributed by atoms with van der Waals surface area (Å²) in [7, 11) is 0. The van der Waals surface area contributed by atoms with E-state index in [1.807, 2.05) is 24.1 Å². The predicted molar refractivity (Wildman–Crippen MR) is 89.4 cm³/mol. The first-order valence-corrected chi connectivity index (χ1v) is 7.90. The Hall–Kier alpha value is -2.44. The van der Waals surface area contributed by atoms with E-state index in [9.17, 15) is 4.39 Å². The van der Waals surface area contributed by atoms with Crippen LogP contribution in [0, 0.1) is 12.7 Å². The second kappa shape index (κ2) is 7.21. The Bertz CT molecular complexity index is 657. The van der Waals surface area contributed by atoms with Gasteiger partial charge in [-0.25, -0.2) is 9.37 Å². The zero-order chi connectivity index (χ0) is 16.1. The van der Waals surface area contributed by atoms with Crippen molar-refractivity contribution in [3.8, 4) is 0 Å². The molecule has 2 aromatic heterocycles. The number of nitrogens with zero attached hydrogens (tertiary/aromatic N) is 4. The van der Waals surface area contributed by atoms with E-state index >= 15 is 0 Å². The second-order valence-corrected chi connectivity index (χ2v) is 5.60. The first-order valence-electron chi connectivity index (χ1n) is 7.90. The molecule has 0 bridgehead atoms. The molecule has 0 atom stereocenters. The molecule has 122 valence electrons. The van der Waals surface area contributed by atoms with Crippen LogP contribution in [0.2, 0.25) is 0 Å². The average molecular weight is 316 g/mol. The van der Waals surface area contributed by atoms with Gasteiger partial charge in [0.25, 0.3) is 0 Å². The lowest BCUT2D eigenvalue weighted by Crippen LogP contribution is -2.22. The summed E-state index contributed by atoms with van der Waals surface area (Å²) < 4.78 is 13.9. The Morgan fingerprint density at radius 1 is 1.17 bits per heavy atom. The van der Waals surface area contributed by atoms with Gasteiger partial charge in [-0.2, -0.15) is 4.98 Å². The molecule has 0 radical (unpaired) electrons. The fraction of sp³-hybridized carbons (Fsp3) is 0.438. The molecule has 3 rings (SSSR count). The Morgan fingerprint density at radius 3 is 2.74 bits per heavy atom. The van der Waals surface area contributed by atoms with Crippen LogP contribution < -0.4 is 15.5 Å². The molecule has 1 aliphatic heterocycles. The minimum absolute atomic E-state index is 0.358. The van der Waals surface area contributed by atoms with Crippen molar-refractivity contribution in [3.63, 3.8) is 0 Å². The topological polar surface area (TPSA) is 66.0 Å². The molecular formula is C16H21FN6. The number of nitrogens with one attached hydrogen (secondary N) is 2. The summed E-state index contributed by atoms with van der Waals surface area (Å²) in [6.07, 6.45) is 6.99. The number of anilines is 3. The van der Waals surface area contributed by atoms with Crippen LogP contribution in [-0.4, -0.2) is 41.1 Å². The Labute approximate surface area is 135 Å². The van der Waals surface area contributed by atoms with E-state index in [4.69, 9.17) is 0 Å². The fourth-order valence-corrected chi connectivity index (χ4v) is 2.64. The Kier molecular flexibility index (Phi) is 4.85. The van der Waals surface area contributed by atoms with Crippen molar-refractivity contribution in [2.45, 2.75) is 19.8 Å². The molecule has 3 heterocycles. The molecule has 7 heteroatoms. The van der Waals surface area contributed by atoms with Crippen LogP contribution in [0.15, 0.2) is 24.7 Å². The first kappa shape index (κ1) is 15.5. The van der Waals surface area contributed by atoms with Gasteiger partial charge in [0.15, 0.2) is 11.6 Å². The number of rotatable bonds is 6. The highest BCUT2D eigenvalue weighted by molar-refractivity contribution is 5.49. The van der Waals surface area contributed by atoms with Crippen molar-refractivity contribution in [1.29, 1.82) is 0 Å². The van der Waals surface area contributed by atoms with E-state index in [0.717, 1.165) is 37.2 Å². The van der Waals surface area contributed by atoms with Crippen LogP contribution in [-0.2, 0) is 0 Å². The van der Waals surface area contributed by atoms with Gasteiger partial charge < -0.3 is 15.5 Å². The first-order chi connectivity index (χ1) is 11.2. The van der Waals surface area contributed by atoms with Crippen molar-refractivity contribution >= 4 is 17.5 Å². The van der Waals surface area contributed by atoms with E-state index in [1.165, 1.54) is 6.20 Å². The minimum Gasteiger partial charge on any atom is -0.383 e. The molecule has 0 aromatic carbocycles. The van der Waals surface area contributed by atoms with Gasteiger partial charge in [0.2, 0.25) is 5.95 Å². The van der Waals surface area contributed by atoms with Gasteiger partial charge in [0.05, 0.1) is 6.20 Å². The average Bonchev–Trinajstić information content (AvgIpc) is 3.09. The van der Waals surface area contributed by atoms with E-state index < -0.39 is 0 Å². The van der Waals surface area contributed by atoms with E-state index in [2.05, 4.69) is 25.6 Å². The number of hydrogen-bond acceptors (Lipinski definition) is 6. The van der Waals surface area contributed by atoms with Crippen LogP contribution in [0.4, 0.5) is 21.8 Å². The van der Waals surface area contributed by atoms with Gasteiger partial charge in [-0.1, -0.05) is 0 Å². The molecular weight excluding hydrogens is 295 g/mol. The molecule has 6 nitrogen and oxygen atoms in total. The summed E-state index contributed by atoms with van der Waals surface area (Å²) >= 11 is 0. The summed E-state index contributed by atoms with van der Waals surface area (Å²) in [6.45, 7) is 5.08. The third-order valence-corrected chi connectivity index (χ3v) is 3.88. The van der Waals surface area contributed by atoms with Crippen molar-refractivity contribution in [2.24, 2.45) is 0 Å². The van der Waals surface area contributed by atoms with E-state index in [1.54, 1.807) is 6.20 Å². The van der Waals surface area contributed by atoms with Gasteiger partial charge >= 0.3 is 0 Å². The zero-order valence-corrected chi connectivity index (χ0v) is 13.2. The summed E-state index contributed by atoms with van der Waals surface area (Å²) in [5.41, 5.74) is 2.15. The Morgan fingerprint density at radius 2 is 1.96 bits per heavy atom. The Balaban J connectivity index is 1.54. The third kappa shape index (κ3) is 3.85. The predicted octanol–water partition coefficient (Wildman–Crippen LogP) is 2.44. The van der Waals surface area contributed by atoms with Crippen molar-refractivity contribution in [2.75, 3.05) is 41.7 Å². The molecule has 0 amide bonds. The molecule has 0 unspecified atom stereocenters. The maximum atomic E-state index is 13.9. The standard InChI is InChI=1S/C16H21FN6/c1-12-10-18-5-4-14(12)19-6-7-20-16-21-11-13(17)15(22-16)23-8-2-3-9-23/h4-5,10-11H,2-3,6-9H2,1H3,(H,18,19)(H,20,21,22). The number of pyridine rings is 1. The minimum atomic E-state index is -0.358. The largest absolute Gasteiger partial charge is 0.383 e.